The van der Waals surface area contributed by atoms with Crippen molar-refractivity contribution in [1.82, 2.24) is 41.5 Å². The molecule has 1 aliphatic heterocycles. The smallest absolute Gasteiger partial charge is 0.216 e. The van der Waals surface area contributed by atoms with Crippen LogP contribution in [0.25, 0.3) is 11.1 Å². The average Bonchev–Trinajstić information content (AvgIpc) is 3.71. The van der Waals surface area contributed by atoms with E-state index in [0.717, 1.165) is 23.1 Å². The Labute approximate surface area is 249 Å². The van der Waals surface area contributed by atoms with Gasteiger partial charge in [-0.05, 0) is 35.2 Å². The van der Waals surface area contributed by atoms with Crippen LogP contribution in [0.2, 0.25) is 0 Å². The van der Waals surface area contributed by atoms with Crippen molar-refractivity contribution in [3.05, 3.63) is 65.2 Å². The van der Waals surface area contributed by atoms with Gasteiger partial charge in [-0.2, -0.15) is 30.8 Å². The molecule has 4 aromatic rings. The number of hydrogen-bond donors (Lipinski definition) is 4. The number of rotatable bonds is 13. The van der Waals surface area contributed by atoms with Crippen molar-refractivity contribution < 1.29 is 19.1 Å². The van der Waals surface area contributed by atoms with E-state index in [1.807, 2.05) is 12.1 Å². The van der Waals surface area contributed by atoms with Gasteiger partial charge in [0.2, 0.25) is 11.8 Å². The van der Waals surface area contributed by atoms with E-state index in [0.29, 0.717) is 55.4 Å². The molecule has 13 heteroatoms. The predicted octanol–water partition coefficient (Wildman–Crippen LogP) is 3.39. The number of nitrogens with zero attached hydrogens (tertiary/aromatic N) is 5. The number of aromatic amines is 2. The average molecular weight is 588 g/mol. The topological polar surface area (TPSA) is 163 Å². The Bertz CT molecular complexity index is 1540. The van der Waals surface area contributed by atoms with Crippen LogP contribution < -0.4 is 25.0 Å². The fourth-order valence-electron chi connectivity index (χ4n) is 5.38. The zero-order chi connectivity index (χ0) is 30.3. The van der Waals surface area contributed by atoms with Crippen LogP contribution in [0.4, 0.5) is 5.69 Å². The summed E-state index contributed by atoms with van der Waals surface area (Å²) in [4.78, 5) is 25.4. The molecule has 3 heterocycles. The van der Waals surface area contributed by atoms with Crippen molar-refractivity contribution >= 4 is 17.5 Å². The van der Waals surface area contributed by atoms with Crippen LogP contribution in [0.15, 0.2) is 42.7 Å². The number of anilines is 1. The van der Waals surface area contributed by atoms with Crippen molar-refractivity contribution in [2.45, 2.75) is 58.8 Å². The van der Waals surface area contributed by atoms with E-state index in [-0.39, 0.29) is 11.8 Å². The number of para-hydroxylation sites is 1. The maximum Gasteiger partial charge on any atom is 0.216 e. The lowest BCUT2D eigenvalue weighted by Gasteiger charge is -2.33. The van der Waals surface area contributed by atoms with Crippen LogP contribution in [0.3, 0.4) is 0 Å². The highest BCUT2D eigenvalue weighted by molar-refractivity contribution is 5.87. The maximum atomic E-state index is 11.6. The molecule has 0 aliphatic carbocycles. The molecule has 0 fully saturated rings. The largest absolute Gasteiger partial charge is 0.480 e. The van der Waals surface area contributed by atoms with Gasteiger partial charge in [-0.3, -0.25) is 9.59 Å². The number of amides is 2. The van der Waals surface area contributed by atoms with Gasteiger partial charge in [0.1, 0.15) is 23.6 Å². The molecule has 1 aliphatic rings. The van der Waals surface area contributed by atoms with Gasteiger partial charge in [-0.25, -0.2) is 0 Å². The van der Waals surface area contributed by atoms with E-state index in [4.69, 9.17) is 9.47 Å². The standard InChI is InChI=1S/C30H37N9O4/c1-5-20-7-6-8-22-23-14-29(43-27(10-12-32-19(3)41)25-16-34-38-36-25)28(13-21(23)17-39(4)30(20)22)42-26(9-11-31-18(2)40)24-15-33-37-35-24/h6-8,13-16,26-27H,5,9-12,17H2,1-4H3,(H,31,40)(H,32,41)(H,33,35,37)(H,34,36,38). The second-order valence-corrected chi connectivity index (χ2v) is 10.5. The minimum atomic E-state index is -0.524. The van der Waals surface area contributed by atoms with Gasteiger partial charge in [-0.1, -0.05) is 25.1 Å². The lowest BCUT2D eigenvalue weighted by Crippen LogP contribution is -2.25. The number of carbonyl (C=O) groups excluding carboxylic acids is 2. The number of aromatic nitrogens is 6. The zero-order valence-corrected chi connectivity index (χ0v) is 24.8. The molecule has 0 radical (unpaired) electrons. The van der Waals surface area contributed by atoms with Crippen LogP contribution in [-0.2, 0) is 22.6 Å². The summed E-state index contributed by atoms with van der Waals surface area (Å²) >= 11 is 0. The highest BCUT2D eigenvalue weighted by Crippen LogP contribution is 2.46. The van der Waals surface area contributed by atoms with Crippen LogP contribution in [-0.4, -0.2) is 62.8 Å². The van der Waals surface area contributed by atoms with Crippen molar-refractivity contribution in [3.8, 4) is 22.6 Å². The Morgan fingerprint density at radius 1 is 0.907 bits per heavy atom. The highest BCUT2D eigenvalue weighted by Gasteiger charge is 2.28. The third-order valence-electron chi connectivity index (χ3n) is 7.38. The normalized spacial score (nSPS) is 13.4. The number of benzene rings is 2. The number of aryl methyl sites for hydroxylation is 1. The molecule has 0 saturated heterocycles. The van der Waals surface area contributed by atoms with Crippen LogP contribution in [0.1, 0.15) is 68.3 Å². The van der Waals surface area contributed by atoms with E-state index in [1.54, 1.807) is 12.4 Å². The van der Waals surface area contributed by atoms with Gasteiger partial charge in [0.15, 0.2) is 11.5 Å². The second-order valence-electron chi connectivity index (χ2n) is 10.5. The number of H-pyrrole nitrogens is 2. The molecule has 0 saturated carbocycles. The Morgan fingerprint density at radius 3 is 2.00 bits per heavy atom. The molecule has 2 unspecified atom stereocenters. The summed E-state index contributed by atoms with van der Waals surface area (Å²) in [5, 5.41) is 27.4. The SMILES string of the molecule is CCc1cccc2c1N(C)Cc1cc(OC(CCNC(C)=O)c3cn[nH]n3)c(OC(CCNC(C)=O)c3cn[nH]n3)cc1-2. The number of hydrogen-bond acceptors (Lipinski definition) is 9. The first kappa shape index (κ1) is 29.5. The van der Waals surface area contributed by atoms with Gasteiger partial charge < -0.3 is 25.0 Å². The molecule has 0 bridgehead atoms. The fraction of sp³-hybridized carbons (Fsp3) is 0.400. The zero-order valence-electron chi connectivity index (χ0n) is 24.8. The maximum absolute atomic E-state index is 11.6. The lowest BCUT2D eigenvalue weighted by molar-refractivity contribution is -0.119. The fourth-order valence-corrected chi connectivity index (χ4v) is 5.38. The van der Waals surface area contributed by atoms with E-state index in [9.17, 15) is 9.59 Å². The molecule has 4 N–H and O–H groups in total. The molecule has 2 aromatic carbocycles. The summed E-state index contributed by atoms with van der Waals surface area (Å²) in [6.07, 6.45) is 4.01. The molecule has 13 nitrogen and oxygen atoms in total. The van der Waals surface area contributed by atoms with E-state index < -0.39 is 12.2 Å². The molecule has 2 aromatic heterocycles. The first-order chi connectivity index (χ1) is 20.8. The molecule has 226 valence electrons. The Hall–Kier alpha value is -4.94. The van der Waals surface area contributed by atoms with Gasteiger partial charge in [-0.15, -0.1) is 0 Å². The van der Waals surface area contributed by atoms with Crippen LogP contribution in [0, 0.1) is 0 Å². The third-order valence-corrected chi connectivity index (χ3v) is 7.38. The molecular weight excluding hydrogens is 550 g/mol. The molecular formula is C30H37N9O4. The van der Waals surface area contributed by atoms with Crippen molar-refractivity contribution in [2.75, 3.05) is 25.0 Å². The van der Waals surface area contributed by atoms with Gasteiger partial charge >= 0.3 is 0 Å². The van der Waals surface area contributed by atoms with Gasteiger partial charge in [0.05, 0.1) is 12.4 Å². The minimum Gasteiger partial charge on any atom is -0.480 e. The van der Waals surface area contributed by atoms with Gasteiger partial charge in [0.25, 0.3) is 0 Å². The predicted molar refractivity (Wildman–Crippen MR) is 159 cm³/mol. The minimum absolute atomic E-state index is 0.125. The first-order valence-corrected chi connectivity index (χ1v) is 14.4. The van der Waals surface area contributed by atoms with Crippen LogP contribution in [0.5, 0.6) is 11.5 Å². The van der Waals surface area contributed by atoms with Crippen molar-refractivity contribution in [2.24, 2.45) is 0 Å². The Kier molecular flexibility index (Phi) is 9.18. The summed E-state index contributed by atoms with van der Waals surface area (Å²) in [6.45, 7) is 6.58. The van der Waals surface area contributed by atoms with E-state index >= 15 is 0 Å². The van der Waals surface area contributed by atoms with Crippen molar-refractivity contribution in [3.63, 3.8) is 0 Å². The Morgan fingerprint density at radius 2 is 1.49 bits per heavy atom. The first-order valence-electron chi connectivity index (χ1n) is 14.4. The van der Waals surface area contributed by atoms with Gasteiger partial charge in [0, 0.05) is 64.6 Å². The van der Waals surface area contributed by atoms with E-state index in [1.165, 1.54) is 25.1 Å². The summed E-state index contributed by atoms with van der Waals surface area (Å²) in [5.41, 5.74) is 6.93. The lowest BCUT2D eigenvalue weighted by atomic mass is 9.90. The summed E-state index contributed by atoms with van der Waals surface area (Å²) in [6, 6.07) is 10.4. The number of carbonyl (C=O) groups is 2. The summed E-state index contributed by atoms with van der Waals surface area (Å²) in [7, 11) is 2.10. The molecule has 2 atom stereocenters. The second kappa shape index (κ2) is 13.4. The quantitative estimate of drug-likeness (QED) is 0.184. The highest BCUT2D eigenvalue weighted by atomic mass is 16.5. The number of ether oxygens (including phenoxy) is 2. The summed E-state index contributed by atoms with van der Waals surface area (Å²) in [5.74, 6) is 0.782. The third kappa shape index (κ3) is 6.93. The summed E-state index contributed by atoms with van der Waals surface area (Å²) < 4.78 is 13.3. The molecule has 2 amide bonds. The van der Waals surface area contributed by atoms with E-state index in [2.05, 4.69) is 78.5 Å². The molecule has 43 heavy (non-hydrogen) atoms. The number of fused-ring (bicyclic) bond motifs is 3. The monoisotopic (exact) mass is 587 g/mol. The van der Waals surface area contributed by atoms with Crippen LogP contribution >= 0.6 is 0 Å². The van der Waals surface area contributed by atoms with Crippen molar-refractivity contribution in [1.29, 1.82) is 0 Å². The molecule has 0 spiro atoms. The molecule has 5 rings (SSSR count). The number of nitrogens with one attached hydrogen (secondary N) is 4. The Balaban J connectivity index is 1.57.